The van der Waals surface area contributed by atoms with Gasteiger partial charge in [0.05, 0.1) is 0 Å². The van der Waals surface area contributed by atoms with E-state index >= 15 is 0 Å². The molecule has 1 atom stereocenters. The van der Waals surface area contributed by atoms with Crippen molar-refractivity contribution in [1.82, 2.24) is 15.3 Å². The van der Waals surface area contributed by atoms with Crippen molar-refractivity contribution in [2.45, 2.75) is 12.5 Å². The van der Waals surface area contributed by atoms with Gasteiger partial charge in [-0.3, -0.25) is 9.78 Å². The van der Waals surface area contributed by atoms with Gasteiger partial charge >= 0.3 is 5.97 Å². The van der Waals surface area contributed by atoms with Crippen LogP contribution >= 0.6 is 15.9 Å². The Morgan fingerprint density at radius 2 is 1.95 bits per heavy atom. The van der Waals surface area contributed by atoms with Gasteiger partial charge in [-0.2, -0.15) is 0 Å². The van der Waals surface area contributed by atoms with E-state index in [0.717, 1.165) is 0 Å². The molecule has 0 saturated heterocycles. The number of nitrogens with zero attached hydrogens (tertiary/aromatic N) is 2. The van der Waals surface area contributed by atoms with E-state index in [0.29, 0.717) is 10.2 Å². The van der Waals surface area contributed by atoms with Crippen LogP contribution in [0.25, 0.3) is 0 Å². The van der Waals surface area contributed by atoms with Crippen molar-refractivity contribution in [3.8, 4) is 0 Å². The van der Waals surface area contributed by atoms with Crippen LogP contribution in [0.2, 0.25) is 0 Å². The zero-order valence-electron chi connectivity index (χ0n) is 10.9. The highest BCUT2D eigenvalue weighted by Gasteiger charge is 2.22. The maximum atomic E-state index is 12.0. The molecule has 2 aromatic rings. The summed E-state index contributed by atoms with van der Waals surface area (Å²) < 4.78 is 0.559. The number of carboxylic acids is 1. The van der Waals surface area contributed by atoms with Gasteiger partial charge in [0.1, 0.15) is 16.3 Å². The van der Waals surface area contributed by atoms with Crippen LogP contribution in [0.4, 0.5) is 0 Å². The number of rotatable bonds is 5. The molecule has 1 amide bonds. The SMILES string of the molecule is O=C(N[C@H](Cc1cccnc1Br)C(=O)O)c1ccccn1. The normalized spacial score (nSPS) is 11.7. The number of aromatic nitrogens is 2. The summed E-state index contributed by atoms with van der Waals surface area (Å²) >= 11 is 3.26. The van der Waals surface area contributed by atoms with Gasteiger partial charge in [-0.1, -0.05) is 12.1 Å². The lowest BCUT2D eigenvalue weighted by Gasteiger charge is -2.14. The van der Waals surface area contributed by atoms with E-state index in [9.17, 15) is 14.7 Å². The Hall–Kier alpha value is -2.28. The van der Waals surface area contributed by atoms with E-state index in [-0.39, 0.29) is 12.1 Å². The number of pyridine rings is 2. The number of aliphatic carboxylic acids is 1. The number of hydrogen-bond acceptors (Lipinski definition) is 4. The quantitative estimate of drug-likeness (QED) is 0.801. The summed E-state index contributed by atoms with van der Waals surface area (Å²) in [4.78, 5) is 31.2. The van der Waals surface area contributed by atoms with Crippen molar-refractivity contribution >= 4 is 27.8 Å². The highest BCUT2D eigenvalue weighted by Crippen LogP contribution is 2.14. The minimum Gasteiger partial charge on any atom is -0.480 e. The predicted octanol–water partition coefficient (Wildman–Crippen LogP) is 1.66. The Bertz CT molecular complexity index is 649. The summed E-state index contributed by atoms with van der Waals surface area (Å²) in [5.74, 6) is -1.64. The lowest BCUT2D eigenvalue weighted by molar-refractivity contribution is -0.139. The molecule has 0 spiro atoms. The van der Waals surface area contributed by atoms with Crippen molar-refractivity contribution in [3.05, 3.63) is 58.6 Å². The number of carbonyl (C=O) groups excluding carboxylic acids is 1. The van der Waals surface area contributed by atoms with Crippen molar-refractivity contribution < 1.29 is 14.7 Å². The molecule has 108 valence electrons. The molecule has 2 heterocycles. The summed E-state index contributed by atoms with van der Waals surface area (Å²) in [6.07, 6.45) is 3.19. The predicted molar refractivity (Wildman–Crippen MR) is 78.8 cm³/mol. The third-order valence-corrected chi connectivity index (χ3v) is 3.48. The van der Waals surface area contributed by atoms with Gasteiger partial charge in [0.25, 0.3) is 5.91 Å². The number of amides is 1. The smallest absolute Gasteiger partial charge is 0.326 e. The molecule has 0 bridgehead atoms. The third kappa shape index (κ3) is 4.09. The third-order valence-electron chi connectivity index (χ3n) is 2.76. The molecule has 0 aromatic carbocycles. The molecule has 2 rings (SSSR count). The maximum absolute atomic E-state index is 12.0. The highest BCUT2D eigenvalue weighted by molar-refractivity contribution is 9.10. The average molecular weight is 350 g/mol. The van der Waals surface area contributed by atoms with Crippen LogP contribution in [0.3, 0.4) is 0 Å². The number of halogens is 1. The zero-order valence-corrected chi connectivity index (χ0v) is 12.4. The highest BCUT2D eigenvalue weighted by atomic mass is 79.9. The number of hydrogen-bond donors (Lipinski definition) is 2. The van der Waals surface area contributed by atoms with Crippen molar-refractivity contribution in [3.63, 3.8) is 0 Å². The van der Waals surface area contributed by atoms with E-state index in [1.807, 2.05) is 0 Å². The molecular weight excluding hydrogens is 338 g/mol. The van der Waals surface area contributed by atoms with Crippen molar-refractivity contribution in [2.24, 2.45) is 0 Å². The number of carbonyl (C=O) groups is 2. The second-order valence-electron chi connectivity index (χ2n) is 4.24. The number of carboxylic acid groups (broad SMARTS) is 1. The first-order valence-electron chi connectivity index (χ1n) is 6.12. The summed E-state index contributed by atoms with van der Waals surface area (Å²) in [5, 5.41) is 11.7. The minimum atomic E-state index is -1.12. The molecule has 7 heteroatoms. The zero-order chi connectivity index (χ0) is 15.2. The molecule has 0 saturated carbocycles. The molecule has 0 radical (unpaired) electrons. The fraction of sp³-hybridized carbons (Fsp3) is 0.143. The Balaban J connectivity index is 2.12. The summed E-state index contributed by atoms with van der Waals surface area (Å²) in [6, 6.07) is 7.27. The monoisotopic (exact) mass is 349 g/mol. The van der Waals surface area contributed by atoms with Crippen LogP contribution in [0.1, 0.15) is 16.1 Å². The van der Waals surface area contributed by atoms with Gasteiger partial charge < -0.3 is 10.4 Å². The van der Waals surface area contributed by atoms with Crippen molar-refractivity contribution in [1.29, 1.82) is 0 Å². The lowest BCUT2D eigenvalue weighted by Crippen LogP contribution is -2.42. The molecule has 0 aliphatic heterocycles. The van der Waals surface area contributed by atoms with Gasteiger partial charge in [-0.25, -0.2) is 9.78 Å². The Morgan fingerprint density at radius 3 is 2.57 bits per heavy atom. The van der Waals surface area contributed by atoms with Crippen LogP contribution in [0, 0.1) is 0 Å². The molecule has 0 aliphatic carbocycles. The maximum Gasteiger partial charge on any atom is 0.326 e. The van der Waals surface area contributed by atoms with Gasteiger partial charge in [0.2, 0.25) is 0 Å². The summed E-state index contributed by atoms with van der Waals surface area (Å²) in [6.45, 7) is 0. The first-order valence-corrected chi connectivity index (χ1v) is 6.91. The molecule has 21 heavy (non-hydrogen) atoms. The topological polar surface area (TPSA) is 92.2 Å². The summed E-state index contributed by atoms with van der Waals surface area (Å²) in [5.41, 5.74) is 0.875. The van der Waals surface area contributed by atoms with E-state index in [4.69, 9.17) is 0 Å². The standard InChI is InChI=1S/C14H12BrN3O3/c15-12-9(4-3-7-17-12)8-11(14(20)21)18-13(19)10-5-1-2-6-16-10/h1-7,11H,8H2,(H,18,19)(H,20,21)/t11-/m1/s1. The Kier molecular flexibility index (Phi) is 4.99. The fourth-order valence-corrected chi connectivity index (χ4v) is 2.13. The average Bonchev–Trinajstić information content (AvgIpc) is 2.49. The van der Waals surface area contributed by atoms with Crippen LogP contribution in [-0.4, -0.2) is 33.0 Å². The van der Waals surface area contributed by atoms with Crippen LogP contribution in [0.5, 0.6) is 0 Å². The van der Waals surface area contributed by atoms with Crippen molar-refractivity contribution in [2.75, 3.05) is 0 Å². The van der Waals surface area contributed by atoms with E-state index in [1.54, 1.807) is 30.5 Å². The van der Waals surface area contributed by atoms with Gasteiger partial charge in [-0.05, 0) is 39.7 Å². The van der Waals surface area contributed by atoms with Crippen LogP contribution in [-0.2, 0) is 11.2 Å². The van der Waals surface area contributed by atoms with E-state index in [2.05, 4.69) is 31.2 Å². The second-order valence-corrected chi connectivity index (χ2v) is 4.99. The molecule has 6 nitrogen and oxygen atoms in total. The molecule has 2 N–H and O–H groups in total. The minimum absolute atomic E-state index is 0.127. The number of nitrogens with one attached hydrogen (secondary N) is 1. The largest absolute Gasteiger partial charge is 0.480 e. The van der Waals surface area contributed by atoms with E-state index < -0.39 is 17.9 Å². The van der Waals surface area contributed by atoms with Gasteiger partial charge in [0, 0.05) is 18.8 Å². The van der Waals surface area contributed by atoms with Crippen LogP contribution < -0.4 is 5.32 Å². The van der Waals surface area contributed by atoms with Crippen LogP contribution in [0.15, 0.2) is 47.3 Å². The van der Waals surface area contributed by atoms with Gasteiger partial charge in [-0.15, -0.1) is 0 Å². The fourth-order valence-electron chi connectivity index (χ4n) is 1.72. The molecule has 0 fully saturated rings. The molecule has 0 aliphatic rings. The second kappa shape index (κ2) is 6.94. The van der Waals surface area contributed by atoms with Gasteiger partial charge in [0.15, 0.2) is 0 Å². The Labute approximate surface area is 129 Å². The molecule has 0 unspecified atom stereocenters. The molecular formula is C14H12BrN3O3. The Morgan fingerprint density at radius 1 is 1.19 bits per heavy atom. The first kappa shape index (κ1) is 15.1. The summed E-state index contributed by atoms with van der Waals surface area (Å²) in [7, 11) is 0. The van der Waals surface area contributed by atoms with E-state index in [1.165, 1.54) is 12.3 Å². The lowest BCUT2D eigenvalue weighted by atomic mass is 10.1. The first-order chi connectivity index (χ1) is 10.1. The molecule has 2 aromatic heterocycles.